The highest BCUT2D eigenvalue weighted by atomic mass is 79.9. The topological polar surface area (TPSA) is 38.1 Å². The van der Waals surface area contributed by atoms with Crippen LogP contribution in [0.5, 0.6) is 0 Å². The van der Waals surface area contributed by atoms with Crippen molar-refractivity contribution in [2.45, 2.75) is 39.8 Å². The van der Waals surface area contributed by atoms with Gasteiger partial charge < -0.3 is 4.90 Å². The van der Waals surface area contributed by atoms with Crippen LogP contribution in [-0.2, 0) is 6.54 Å². The molecule has 1 aliphatic heterocycles. The highest BCUT2D eigenvalue weighted by Gasteiger charge is 2.35. The van der Waals surface area contributed by atoms with E-state index in [4.69, 9.17) is 0 Å². The number of aromatic nitrogens is 2. The van der Waals surface area contributed by atoms with E-state index in [-0.39, 0.29) is 5.91 Å². The molecule has 5 heteroatoms. The van der Waals surface area contributed by atoms with Crippen LogP contribution in [0.4, 0.5) is 0 Å². The zero-order chi connectivity index (χ0) is 13.3. The highest BCUT2D eigenvalue weighted by molar-refractivity contribution is 9.09. The normalized spacial score (nSPS) is 23.7. The molecule has 0 spiro atoms. The number of alkyl halides is 1. The molecule has 1 fully saturated rings. The van der Waals surface area contributed by atoms with E-state index < -0.39 is 0 Å². The van der Waals surface area contributed by atoms with Crippen molar-refractivity contribution >= 4 is 21.8 Å². The van der Waals surface area contributed by atoms with Crippen molar-refractivity contribution in [1.29, 1.82) is 0 Å². The van der Waals surface area contributed by atoms with E-state index >= 15 is 0 Å². The zero-order valence-electron chi connectivity index (χ0n) is 11.2. The van der Waals surface area contributed by atoms with Crippen molar-refractivity contribution in [3.8, 4) is 0 Å². The van der Waals surface area contributed by atoms with Gasteiger partial charge in [0.2, 0.25) is 0 Å². The van der Waals surface area contributed by atoms with Crippen molar-refractivity contribution < 1.29 is 4.79 Å². The average Bonchev–Trinajstić information content (AvgIpc) is 2.91. The molecule has 0 saturated carbocycles. The first-order valence-electron chi connectivity index (χ1n) is 6.49. The molecule has 1 saturated heterocycles. The SMILES string of the molecule is CCn1nc(C)cc1C(=O)N1CCC(C)C1CBr. The Labute approximate surface area is 116 Å². The van der Waals surface area contributed by atoms with Gasteiger partial charge in [0.05, 0.1) is 5.69 Å². The van der Waals surface area contributed by atoms with Crippen molar-refractivity contribution in [1.82, 2.24) is 14.7 Å². The largest absolute Gasteiger partial charge is 0.333 e. The molecule has 2 rings (SSSR count). The average molecular weight is 314 g/mol. The first-order valence-corrected chi connectivity index (χ1v) is 7.62. The van der Waals surface area contributed by atoms with Gasteiger partial charge >= 0.3 is 0 Å². The second-order valence-corrected chi connectivity index (χ2v) is 5.62. The third kappa shape index (κ3) is 2.32. The molecule has 1 amide bonds. The maximum absolute atomic E-state index is 12.6. The summed E-state index contributed by atoms with van der Waals surface area (Å²) in [6.07, 6.45) is 1.08. The Balaban J connectivity index is 2.25. The second kappa shape index (κ2) is 5.43. The number of hydrogen-bond donors (Lipinski definition) is 0. The third-order valence-corrected chi connectivity index (χ3v) is 4.39. The first kappa shape index (κ1) is 13.6. The lowest BCUT2D eigenvalue weighted by Crippen LogP contribution is -2.39. The number of nitrogens with zero attached hydrogens (tertiary/aromatic N) is 3. The summed E-state index contributed by atoms with van der Waals surface area (Å²) in [5.41, 5.74) is 1.62. The fraction of sp³-hybridized carbons (Fsp3) is 0.692. The minimum Gasteiger partial charge on any atom is -0.333 e. The number of halogens is 1. The first-order chi connectivity index (χ1) is 8.58. The maximum atomic E-state index is 12.6. The molecule has 2 unspecified atom stereocenters. The van der Waals surface area contributed by atoms with Gasteiger partial charge in [-0.05, 0) is 32.3 Å². The monoisotopic (exact) mass is 313 g/mol. The van der Waals surface area contributed by atoms with Crippen LogP contribution in [0.1, 0.15) is 36.5 Å². The van der Waals surface area contributed by atoms with E-state index in [0.29, 0.717) is 12.0 Å². The van der Waals surface area contributed by atoms with Gasteiger partial charge in [0, 0.05) is 24.5 Å². The Morgan fingerprint density at radius 1 is 1.61 bits per heavy atom. The predicted octanol–water partition coefficient (Wildman–Crippen LogP) is 2.46. The predicted molar refractivity (Wildman–Crippen MR) is 75.0 cm³/mol. The fourth-order valence-corrected chi connectivity index (χ4v) is 3.59. The van der Waals surface area contributed by atoms with Crippen LogP contribution < -0.4 is 0 Å². The van der Waals surface area contributed by atoms with Crippen molar-refractivity contribution in [3.05, 3.63) is 17.5 Å². The molecule has 0 aliphatic carbocycles. The van der Waals surface area contributed by atoms with E-state index in [1.54, 1.807) is 4.68 Å². The van der Waals surface area contributed by atoms with Crippen LogP contribution >= 0.6 is 15.9 Å². The van der Waals surface area contributed by atoms with Gasteiger partial charge in [-0.1, -0.05) is 22.9 Å². The van der Waals surface area contributed by atoms with Crippen LogP contribution in [0.2, 0.25) is 0 Å². The summed E-state index contributed by atoms with van der Waals surface area (Å²) in [7, 11) is 0. The number of carbonyl (C=O) groups excluding carboxylic acids is 1. The molecule has 18 heavy (non-hydrogen) atoms. The van der Waals surface area contributed by atoms with Crippen molar-refractivity contribution in [2.75, 3.05) is 11.9 Å². The van der Waals surface area contributed by atoms with Crippen LogP contribution in [0, 0.1) is 12.8 Å². The lowest BCUT2D eigenvalue weighted by molar-refractivity contribution is 0.0726. The van der Waals surface area contributed by atoms with Crippen molar-refractivity contribution in [3.63, 3.8) is 0 Å². The Kier molecular flexibility index (Phi) is 4.10. The zero-order valence-corrected chi connectivity index (χ0v) is 12.8. The number of aryl methyl sites for hydroxylation is 2. The quantitative estimate of drug-likeness (QED) is 0.804. The summed E-state index contributed by atoms with van der Waals surface area (Å²) in [4.78, 5) is 14.6. The number of rotatable bonds is 3. The molecule has 1 aliphatic rings. The lowest BCUT2D eigenvalue weighted by atomic mass is 10.1. The summed E-state index contributed by atoms with van der Waals surface area (Å²) in [5, 5.41) is 5.20. The summed E-state index contributed by atoms with van der Waals surface area (Å²) in [5.74, 6) is 0.679. The van der Waals surface area contributed by atoms with Gasteiger partial charge in [0.15, 0.2) is 0 Å². The third-order valence-electron chi connectivity index (χ3n) is 3.72. The van der Waals surface area contributed by atoms with Crippen LogP contribution in [0.25, 0.3) is 0 Å². The smallest absolute Gasteiger partial charge is 0.272 e. The molecule has 0 radical (unpaired) electrons. The van der Waals surface area contributed by atoms with E-state index in [2.05, 4.69) is 28.0 Å². The minimum atomic E-state index is 0.117. The Morgan fingerprint density at radius 2 is 2.33 bits per heavy atom. The van der Waals surface area contributed by atoms with Gasteiger partial charge in [-0.2, -0.15) is 5.10 Å². The van der Waals surface area contributed by atoms with Gasteiger partial charge in [-0.3, -0.25) is 9.48 Å². The van der Waals surface area contributed by atoms with Crippen LogP contribution in [0.3, 0.4) is 0 Å². The Bertz CT molecular complexity index is 443. The van der Waals surface area contributed by atoms with Gasteiger partial charge in [-0.15, -0.1) is 0 Å². The number of likely N-dealkylation sites (tertiary alicyclic amines) is 1. The van der Waals surface area contributed by atoms with E-state index in [9.17, 15) is 4.79 Å². The number of hydrogen-bond acceptors (Lipinski definition) is 2. The molecule has 2 heterocycles. The van der Waals surface area contributed by atoms with Crippen LogP contribution in [0.15, 0.2) is 6.07 Å². The number of amides is 1. The van der Waals surface area contributed by atoms with E-state index in [0.717, 1.165) is 36.2 Å². The fourth-order valence-electron chi connectivity index (χ4n) is 2.60. The molecule has 0 aromatic carbocycles. The van der Waals surface area contributed by atoms with E-state index in [1.807, 2.05) is 24.8 Å². The maximum Gasteiger partial charge on any atom is 0.272 e. The van der Waals surface area contributed by atoms with Gasteiger partial charge in [-0.25, -0.2) is 0 Å². The van der Waals surface area contributed by atoms with Gasteiger partial charge in [0.25, 0.3) is 5.91 Å². The molecule has 4 nitrogen and oxygen atoms in total. The van der Waals surface area contributed by atoms with E-state index in [1.165, 1.54) is 0 Å². The number of carbonyl (C=O) groups is 1. The molecule has 2 atom stereocenters. The molecule has 0 N–H and O–H groups in total. The van der Waals surface area contributed by atoms with Crippen LogP contribution in [-0.4, -0.2) is 38.5 Å². The molecule has 100 valence electrons. The molecular formula is C13H20BrN3O. The molecule has 0 bridgehead atoms. The second-order valence-electron chi connectivity index (χ2n) is 4.97. The molecule has 1 aromatic rings. The summed E-state index contributed by atoms with van der Waals surface area (Å²) in [6, 6.07) is 2.19. The summed E-state index contributed by atoms with van der Waals surface area (Å²) in [6.45, 7) is 7.73. The Morgan fingerprint density at radius 3 is 2.94 bits per heavy atom. The summed E-state index contributed by atoms with van der Waals surface area (Å²) < 4.78 is 1.80. The standard InChI is InChI=1S/C13H20BrN3O/c1-4-17-11(7-10(3)15-17)13(18)16-6-5-9(2)12(16)8-14/h7,9,12H,4-6,8H2,1-3H3. The van der Waals surface area contributed by atoms with Crippen molar-refractivity contribution in [2.24, 2.45) is 5.92 Å². The highest BCUT2D eigenvalue weighted by Crippen LogP contribution is 2.27. The molecular weight excluding hydrogens is 294 g/mol. The Hall–Kier alpha value is -0.840. The van der Waals surface area contributed by atoms with Gasteiger partial charge in [0.1, 0.15) is 5.69 Å². The lowest BCUT2D eigenvalue weighted by Gasteiger charge is -2.25. The minimum absolute atomic E-state index is 0.117. The summed E-state index contributed by atoms with van der Waals surface area (Å²) >= 11 is 3.52. The molecule has 1 aromatic heterocycles.